The minimum absolute atomic E-state index is 0. The van der Waals surface area contributed by atoms with Gasteiger partial charge in [-0.1, -0.05) is 17.7 Å². The van der Waals surface area contributed by atoms with Gasteiger partial charge in [-0.15, -0.1) is 11.3 Å². The number of hydrogen-bond acceptors (Lipinski definition) is 6. The highest BCUT2D eigenvalue weighted by molar-refractivity contribution is 7.93. The molecule has 0 bridgehead atoms. The molecule has 3 heterocycles. The predicted molar refractivity (Wildman–Crippen MR) is 128 cm³/mol. The van der Waals surface area contributed by atoms with Gasteiger partial charge >= 0.3 is 0 Å². The lowest BCUT2D eigenvalue weighted by atomic mass is 9.98. The Morgan fingerprint density at radius 2 is 1.94 bits per heavy atom. The maximum Gasteiger partial charge on any atom is 0.263 e. The summed E-state index contributed by atoms with van der Waals surface area (Å²) in [5.74, 6) is 0.0481. The summed E-state index contributed by atoms with van der Waals surface area (Å²) in [6, 6.07) is 12.2. The van der Waals surface area contributed by atoms with Crippen molar-refractivity contribution in [3.63, 3.8) is 0 Å². The zero-order valence-electron chi connectivity index (χ0n) is 17.1. The van der Waals surface area contributed by atoms with Gasteiger partial charge in [-0.2, -0.15) is 0 Å². The van der Waals surface area contributed by atoms with E-state index in [4.69, 9.17) is 11.6 Å². The zero-order valence-corrected chi connectivity index (χ0v) is 19.5. The number of halogens is 1. The number of aromatic nitrogens is 1. The second kappa shape index (κ2) is 8.47. The Balaban J connectivity index is 0.00000259. The molecule has 0 saturated carbocycles. The number of fused-ring (bicyclic) bond motifs is 1. The lowest BCUT2D eigenvalue weighted by molar-refractivity contribution is -0.122. The first kappa shape index (κ1) is 21.4. The molecule has 0 unspecified atom stereocenters. The largest absolute Gasteiger partial charge is 0.311 e. The third kappa shape index (κ3) is 4.13. The highest BCUT2D eigenvalue weighted by Crippen LogP contribution is 2.30. The lowest BCUT2D eigenvalue weighted by Gasteiger charge is -2.32. The Kier molecular flexibility index (Phi) is 5.66. The third-order valence-electron chi connectivity index (χ3n) is 5.94. The van der Waals surface area contributed by atoms with Crippen molar-refractivity contribution in [2.24, 2.45) is 0 Å². The molecule has 7 nitrogen and oxygen atoms in total. The molecule has 1 N–H and O–H groups in total. The van der Waals surface area contributed by atoms with Crippen LogP contribution in [-0.2, 0) is 27.8 Å². The van der Waals surface area contributed by atoms with Crippen LogP contribution in [0.25, 0.3) is 0 Å². The van der Waals surface area contributed by atoms with Gasteiger partial charge in [0.2, 0.25) is 5.91 Å². The molecule has 5 rings (SSSR count). The maximum atomic E-state index is 13.2. The van der Waals surface area contributed by atoms with E-state index in [9.17, 15) is 13.2 Å². The average Bonchev–Trinajstić information content (AvgIpc) is 3.42. The number of carbonyl (C=O) groups excluding carboxylic acids is 1. The minimum atomic E-state index is -3.72. The lowest BCUT2D eigenvalue weighted by Crippen LogP contribution is -2.44. The molecule has 32 heavy (non-hydrogen) atoms. The molecular weight excluding hydrogens is 468 g/mol. The van der Waals surface area contributed by atoms with E-state index in [-0.39, 0.29) is 18.3 Å². The summed E-state index contributed by atoms with van der Waals surface area (Å²) in [5, 5.41) is 2.73. The van der Waals surface area contributed by atoms with Crippen LogP contribution in [0.3, 0.4) is 0 Å². The molecule has 1 amide bonds. The van der Waals surface area contributed by atoms with E-state index in [1.807, 2.05) is 12.1 Å². The maximum absolute atomic E-state index is 13.2. The fourth-order valence-corrected chi connectivity index (χ4v) is 6.31. The number of benzene rings is 2. The van der Waals surface area contributed by atoms with Gasteiger partial charge in [0.1, 0.15) is 0 Å². The predicted octanol–water partition coefficient (Wildman–Crippen LogP) is 4.01. The molecule has 3 aromatic rings. The molecule has 1 saturated heterocycles. The summed E-state index contributed by atoms with van der Waals surface area (Å²) in [6.45, 7) is 2.14. The minimum Gasteiger partial charge on any atom is -0.311 e. The Morgan fingerprint density at radius 1 is 1.12 bits per heavy atom. The summed E-state index contributed by atoms with van der Waals surface area (Å²) in [7, 11) is -3.72. The highest BCUT2D eigenvalue weighted by Gasteiger charge is 2.37. The number of sulfonamides is 1. The molecule has 2 aliphatic rings. The van der Waals surface area contributed by atoms with Gasteiger partial charge < -0.3 is 4.90 Å². The van der Waals surface area contributed by atoms with Gasteiger partial charge in [0.25, 0.3) is 10.0 Å². The van der Waals surface area contributed by atoms with Crippen molar-refractivity contribution in [2.45, 2.75) is 30.3 Å². The molecule has 10 heteroatoms. The van der Waals surface area contributed by atoms with Crippen molar-refractivity contribution in [1.29, 1.82) is 0 Å². The first-order valence-corrected chi connectivity index (χ1v) is 13.0. The van der Waals surface area contributed by atoms with Crippen LogP contribution < -0.4 is 9.62 Å². The van der Waals surface area contributed by atoms with Crippen LogP contribution in [0.1, 0.15) is 19.0 Å². The Bertz CT molecular complexity index is 1250. The van der Waals surface area contributed by atoms with Crippen LogP contribution in [0.4, 0.5) is 10.8 Å². The van der Waals surface area contributed by atoms with Crippen LogP contribution in [0, 0.1) is 0 Å². The van der Waals surface area contributed by atoms with Crippen molar-refractivity contribution in [1.82, 2.24) is 9.88 Å². The van der Waals surface area contributed by atoms with Gasteiger partial charge in [-0.05, 0) is 60.4 Å². The van der Waals surface area contributed by atoms with Crippen LogP contribution in [0.2, 0.25) is 5.02 Å². The zero-order chi connectivity index (χ0) is 22.3. The fraction of sp³-hybridized carbons (Fsp3) is 0.273. The number of nitrogens with zero attached hydrogens (tertiary/aromatic N) is 3. The van der Waals surface area contributed by atoms with Crippen molar-refractivity contribution >= 4 is 49.7 Å². The van der Waals surface area contributed by atoms with E-state index in [0.717, 1.165) is 19.4 Å². The van der Waals surface area contributed by atoms with Gasteiger partial charge in [0.05, 0.1) is 10.9 Å². The summed E-state index contributed by atoms with van der Waals surface area (Å²) in [6.07, 6.45) is 3.17. The Labute approximate surface area is 197 Å². The second-order valence-corrected chi connectivity index (χ2v) is 10.9. The Hall–Kier alpha value is -2.46. The summed E-state index contributed by atoms with van der Waals surface area (Å²) >= 11 is 7.37. The summed E-state index contributed by atoms with van der Waals surface area (Å²) in [5.41, 5.74) is 3.17. The van der Waals surface area contributed by atoms with Crippen molar-refractivity contribution in [2.75, 3.05) is 22.7 Å². The number of amides is 1. The monoisotopic (exact) mass is 490 g/mol. The topological polar surface area (TPSA) is 82.6 Å². The van der Waals surface area contributed by atoms with E-state index in [0.29, 0.717) is 28.9 Å². The number of carbonyl (C=O) groups is 1. The second-order valence-electron chi connectivity index (χ2n) is 7.86. The van der Waals surface area contributed by atoms with Crippen molar-refractivity contribution < 1.29 is 14.6 Å². The van der Waals surface area contributed by atoms with Gasteiger partial charge in [-0.3, -0.25) is 14.4 Å². The van der Waals surface area contributed by atoms with E-state index in [1.165, 1.54) is 40.8 Å². The van der Waals surface area contributed by atoms with Crippen molar-refractivity contribution in [3.05, 3.63) is 70.2 Å². The molecule has 2 aliphatic heterocycles. The quantitative estimate of drug-likeness (QED) is 0.584. The summed E-state index contributed by atoms with van der Waals surface area (Å²) < 4.78 is 27.5. The fourth-order valence-electron chi connectivity index (χ4n) is 4.33. The molecule has 1 atom stereocenters. The number of hydrogen-bond donors (Lipinski definition) is 1. The number of thiazole rings is 1. The van der Waals surface area contributed by atoms with Gasteiger partial charge in [0.15, 0.2) is 5.13 Å². The van der Waals surface area contributed by atoms with Gasteiger partial charge in [0, 0.05) is 43.3 Å². The SMILES string of the molecule is O=C1[C@@H](N2CCc3ccc(Cl)cc3C2)CCN1c1ccc(S(=O)(=O)Nc2nccs2)cc1.[HH]. The van der Waals surface area contributed by atoms with E-state index >= 15 is 0 Å². The van der Waals surface area contributed by atoms with E-state index in [1.54, 1.807) is 22.4 Å². The molecule has 2 aromatic carbocycles. The molecular formula is C22H23ClN4O3S2. The van der Waals surface area contributed by atoms with Crippen molar-refractivity contribution in [3.8, 4) is 0 Å². The number of nitrogens with one attached hydrogen (secondary N) is 1. The molecule has 168 valence electrons. The van der Waals surface area contributed by atoms with Crippen LogP contribution >= 0.6 is 22.9 Å². The summed E-state index contributed by atoms with van der Waals surface area (Å²) in [4.78, 5) is 21.2. The highest BCUT2D eigenvalue weighted by atomic mass is 35.5. The molecule has 0 spiro atoms. The molecule has 0 radical (unpaired) electrons. The molecule has 0 aliphatic carbocycles. The van der Waals surface area contributed by atoms with E-state index < -0.39 is 10.0 Å². The van der Waals surface area contributed by atoms with Crippen LogP contribution in [0.5, 0.6) is 0 Å². The van der Waals surface area contributed by atoms with Crippen LogP contribution in [-0.4, -0.2) is 43.3 Å². The van der Waals surface area contributed by atoms with Crippen LogP contribution in [0.15, 0.2) is 58.9 Å². The first-order chi connectivity index (χ1) is 15.4. The normalized spacial score (nSPS) is 19.2. The van der Waals surface area contributed by atoms with Gasteiger partial charge in [-0.25, -0.2) is 13.4 Å². The molecule has 1 aromatic heterocycles. The Morgan fingerprint density at radius 3 is 2.69 bits per heavy atom. The number of rotatable bonds is 5. The average molecular weight is 491 g/mol. The van der Waals surface area contributed by atoms with E-state index in [2.05, 4.69) is 20.7 Å². The standard InChI is InChI=1S/C22H21ClN4O3S2.H2/c23-17-2-1-15-7-10-26(14-16(15)13-17)20-8-11-27(21(20)28)18-3-5-19(6-4-18)32(29,30)25-22-24-9-12-31-22;/h1-6,9,12-13,20H,7-8,10-11,14H2,(H,24,25);1H/t20-;/m0./s1. The number of anilines is 2. The smallest absolute Gasteiger partial charge is 0.263 e. The third-order valence-corrected chi connectivity index (χ3v) is 8.35. The molecule has 1 fully saturated rings. The first-order valence-electron chi connectivity index (χ1n) is 10.3.